The smallest absolute Gasteiger partial charge is 0.261 e. The lowest BCUT2D eigenvalue weighted by atomic mass is 10.1. The molecule has 0 aromatic heterocycles. The number of phenols is 1. The summed E-state index contributed by atoms with van der Waals surface area (Å²) in [6.45, 7) is 24.6. The second kappa shape index (κ2) is 40.6. The molecule has 117 heavy (non-hydrogen) atoms. The van der Waals surface area contributed by atoms with Crippen LogP contribution in [0, 0.1) is 13.8 Å². The molecule has 0 saturated heterocycles. The van der Waals surface area contributed by atoms with Gasteiger partial charge in [0.1, 0.15) is 24.7 Å². The predicted octanol–water partition coefficient (Wildman–Crippen LogP) is 15.5. The maximum atomic E-state index is 14.1. The molecule has 3 amide bonds. The van der Waals surface area contributed by atoms with Crippen LogP contribution in [-0.4, -0.2) is 178 Å². The molecule has 0 aliphatic carbocycles. The number of hydrogen-bond donors (Lipinski definition) is 3. The van der Waals surface area contributed by atoms with Gasteiger partial charge >= 0.3 is 0 Å². The third-order valence-electron chi connectivity index (χ3n) is 21.5. The third-order valence-corrected chi connectivity index (χ3v) is 27.6. The number of hydrogen-bond acceptors (Lipinski definition) is 20. The lowest BCUT2D eigenvalue weighted by molar-refractivity contribution is 0.0505. The van der Waals surface area contributed by atoms with E-state index in [9.17, 15) is 29.7 Å². The average Bonchev–Trinajstić information content (AvgIpc) is 1.66. The van der Waals surface area contributed by atoms with E-state index in [2.05, 4.69) is 99.2 Å². The maximum absolute atomic E-state index is 14.1. The lowest BCUT2D eigenvalue weighted by Gasteiger charge is -2.35. The summed E-state index contributed by atoms with van der Waals surface area (Å²) in [6, 6.07) is 46.4. The topological polar surface area (TPSA) is 230 Å². The van der Waals surface area contributed by atoms with Crippen molar-refractivity contribution >= 4 is 123 Å². The quantitative estimate of drug-likeness (QED) is 0.0325. The van der Waals surface area contributed by atoms with Crippen LogP contribution in [0.25, 0.3) is 0 Å². The Labute approximate surface area is 703 Å². The lowest BCUT2D eigenvalue weighted by Crippen LogP contribution is -2.43. The number of anilines is 5. The Bertz CT molecular complexity index is 4990. The number of aromatic hydroxyl groups is 1. The number of methoxy groups -OCH3 is 1. The molecule has 8 aromatic carbocycles. The molecule has 8 aromatic rings. The van der Waals surface area contributed by atoms with Crippen LogP contribution in [0.5, 0.6) is 23.0 Å². The normalized spacial score (nSPS) is 16.3. The zero-order chi connectivity index (χ0) is 82.4. The van der Waals surface area contributed by atoms with Crippen LogP contribution in [-0.2, 0) is 106 Å². The number of rotatable bonds is 33. The SMILES string of the molecule is C.CCCOCCOCCN(CC(C)(C)S(C)=S)c1cc(CO)cc(CO)c1.CCCOCCOCCN(CC(C)(C)S(C)=S)c1cc(COc2cc3c(cc2C)C(=O)N2c4ccccc4C[C@H]2C=N3)cc(COc2cc3c(cc2OC)C(=O)N2c4ccccc4C[C@H]2C=N3)c1.Cc1cc2c(cc1O)N=C[C@@H]1Cc3ccccc3N1C2=O. The van der Waals surface area contributed by atoms with E-state index in [1.807, 2.05) is 120 Å². The standard InChI is InChI=1S/C54H59N5O7S2.C20H35NO4S2.C17H14N2O2.CH4/c1-7-17-63-19-20-64-18-16-57(34-54(3,4)68(6)67)40-23-36(32-65-49-28-45-43(21-35(49)2)52(60)58-41(30-55-45)25-38-12-8-10-14-47(38)58)22-37(24-40)33-66-51-29-46-44(27-50(51)62-5)53(61)59-42(31-56-46)26-39-13-9-11-15-48(39)59;1-5-7-24-9-10-25-8-6-21(16-20(2,3)27(4)26)19-12-17(14-22)11-18(13-19)15-23;1-10-6-13-14(8-16(10)20)18-9-12-7-11-4-2-3-5-15(11)19(12)17(13)21;/h8-15,21-24,27-31,41-42H,7,16-20,25-26,32-34H2,1-6H3;11-13,22-23H,5-10,14-16H2,1-4H3;2-6,8-9,12,20H,7H2,1H3;1H4/t41-,42-,68?;;12-;/m0.0./s1. The molecule has 0 saturated carbocycles. The third kappa shape index (κ3) is 21.3. The molecule has 0 radical (unpaired) electrons. The molecular weight excluding hydrogens is 1550 g/mol. The van der Waals surface area contributed by atoms with Gasteiger partial charge in [-0.05, 0) is 184 Å². The monoisotopic (exact) mass is 1660 g/mol. The minimum atomic E-state index is -0.301. The molecular formula is C92H112N8O13S4. The van der Waals surface area contributed by atoms with Gasteiger partial charge in [0.15, 0.2) is 11.5 Å². The Kier molecular flexibility index (Phi) is 30.7. The minimum absolute atomic E-state index is 0. The van der Waals surface area contributed by atoms with Crippen molar-refractivity contribution in [2.45, 2.75) is 149 Å². The zero-order valence-electron chi connectivity index (χ0n) is 68.3. The highest BCUT2D eigenvalue weighted by Crippen LogP contribution is 2.44. The summed E-state index contributed by atoms with van der Waals surface area (Å²) in [5, 5.41) is 28.9. The Balaban J connectivity index is 0.000000222. The van der Waals surface area contributed by atoms with Crippen molar-refractivity contribution in [3.8, 4) is 23.0 Å². The fraction of sp³-hybridized carbons (Fsp3) is 0.413. The van der Waals surface area contributed by atoms with Gasteiger partial charge in [0.25, 0.3) is 17.7 Å². The van der Waals surface area contributed by atoms with E-state index in [1.165, 1.54) is 5.56 Å². The van der Waals surface area contributed by atoms with E-state index >= 15 is 0 Å². The van der Waals surface area contributed by atoms with Gasteiger partial charge in [0, 0.05) is 133 Å². The number of aliphatic imine (C=N–C) groups is 3. The number of aryl methyl sites for hydroxylation is 2. The number of benzene rings is 8. The molecule has 2 unspecified atom stereocenters. The number of fused-ring (bicyclic) bond motifs is 12. The molecule has 0 fully saturated rings. The molecule has 5 atom stereocenters. The first kappa shape index (κ1) is 88.7. The number of amides is 3. The summed E-state index contributed by atoms with van der Waals surface area (Å²) >= 11 is 11.4. The summed E-state index contributed by atoms with van der Waals surface area (Å²) in [4.78, 5) is 65.3. The van der Waals surface area contributed by atoms with Crippen LogP contribution >= 0.6 is 0 Å². The number of para-hydroxylation sites is 3. The van der Waals surface area contributed by atoms with Gasteiger partial charge in [0.05, 0.1) is 112 Å². The van der Waals surface area contributed by atoms with Gasteiger partial charge in [-0.3, -0.25) is 44.1 Å². The number of aliphatic hydroxyl groups excluding tert-OH is 2. The molecule has 14 rings (SSSR count). The summed E-state index contributed by atoms with van der Waals surface area (Å²) in [6.07, 6.45) is 13.9. The highest BCUT2D eigenvalue weighted by atomic mass is 32.8. The fourth-order valence-electron chi connectivity index (χ4n) is 14.9. The number of aliphatic hydroxyl groups is 2. The molecule has 21 nitrogen and oxygen atoms in total. The molecule has 6 heterocycles. The number of carbonyl (C=O) groups is 3. The van der Waals surface area contributed by atoms with Gasteiger partial charge in [-0.25, -0.2) is 0 Å². The van der Waals surface area contributed by atoms with Crippen molar-refractivity contribution in [1.82, 2.24) is 0 Å². The van der Waals surface area contributed by atoms with Crippen molar-refractivity contribution in [3.63, 3.8) is 0 Å². The number of phenolic OH excluding ortho intramolecular Hbond substituents is 1. The molecule has 25 heteroatoms. The summed E-state index contributed by atoms with van der Waals surface area (Å²) in [5.74, 6) is 1.47. The van der Waals surface area contributed by atoms with Crippen molar-refractivity contribution < 1.29 is 62.9 Å². The molecule has 6 aliphatic heterocycles. The first-order valence-corrected chi connectivity index (χ1v) is 44.8. The first-order chi connectivity index (χ1) is 55.9. The van der Waals surface area contributed by atoms with Crippen LogP contribution in [0.1, 0.15) is 143 Å². The van der Waals surface area contributed by atoms with Crippen molar-refractivity contribution in [2.75, 3.05) is 123 Å². The highest BCUT2D eigenvalue weighted by Gasteiger charge is 2.40. The number of nitrogens with zero attached hydrogens (tertiary/aromatic N) is 8. The fourth-order valence-corrected chi connectivity index (χ4v) is 15.9. The summed E-state index contributed by atoms with van der Waals surface area (Å²) in [7, 11) is 1.11. The molecule has 622 valence electrons. The summed E-state index contributed by atoms with van der Waals surface area (Å²) in [5.41, 5.74) is 16.3. The number of carbonyl (C=O) groups excluding carboxylic acids is 3. The van der Waals surface area contributed by atoms with E-state index in [0.717, 1.165) is 106 Å². The predicted molar refractivity (Wildman–Crippen MR) is 482 cm³/mol. The van der Waals surface area contributed by atoms with Crippen LogP contribution in [0.3, 0.4) is 0 Å². The summed E-state index contributed by atoms with van der Waals surface area (Å²) < 4.78 is 41.8. The Morgan fingerprint density at radius 3 is 1.23 bits per heavy atom. The molecule has 0 bridgehead atoms. The second-order valence-electron chi connectivity index (χ2n) is 31.0. The van der Waals surface area contributed by atoms with Crippen molar-refractivity contribution in [3.05, 3.63) is 212 Å². The average molecular weight is 1670 g/mol. The van der Waals surface area contributed by atoms with Gasteiger partial charge in [-0.2, -0.15) is 0 Å². The van der Waals surface area contributed by atoms with Crippen LogP contribution in [0.15, 0.2) is 161 Å². The first-order valence-electron chi connectivity index (χ1n) is 39.7. The van der Waals surface area contributed by atoms with E-state index in [-0.39, 0.29) is 104 Å². The second-order valence-corrected chi connectivity index (χ2v) is 38.0. The Morgan fingerprint density at radius 1 is 0.470 bits per heavy atom. The van der Waals surface area contributed by atoms with E-state index in [0.29, 0.717) is 129 Å². The maximum Gasteiger partial charge on any atom is 0.261 e. The number of ether oxygens (including phenoxy) is 7. The minimum Gasteiger partial charge on any atom is -0.508 e. The Hall–Kier alpha value is -9.12. The van der Waals surface area contributed by atoms with E-state index in [1.54, 1.807) is 49.4 Å². The molecule has 6 aliphatic rings. The van der Waals surface area contributed by atoms with Crippen LogP contribution < -0.4 is 38.7 Å². The van der Waals surface area contributed by atoms with Crippen molar-refractivity contribution in [2.24, 2.45) is 15.0 Å². The highest BCUT2D eigenvalue weighted by molar-refractivity contribution is 8.29. The van der Waals surface area contributed by atoms with Crippen LogP contribution in [0.4, 0.5) is 45.5 Å². The molecule has 0 spiro atoms. The molecule has 3 N–H and O–H groups in total. The Morgan fingerprint density at radius 2 is 0.829 bits per heavy atom. The van der Waals surface area contributed by atoms with Crippen molar-refractivity contribution in [1.29, 1.82) is 0 Å². The van der Waals surface area contributed by atoms with Gasteiger partial charge < -0.3 is 58.3 Å². The van der Waals surface area contributed by atoms with Gasteiger partial charge in [-0.1, -0.05) is 104 Å². The van der Waals surface area contributed by atoms with Crippen LogP contribution in [0.2, 0.25) is 0 Å². The van der Waals surface area contributed by atoms with E-state index < -0.39 is 0 Å². The largest absolute Gasteiger partial charge is 0.508 e. The van der Waals surface area contributed by atoms with Gasteiger partial charge in [-0.15, -0.1) is 18.9 Å². The van der Waals surface area contributed by atoms with Gasteiger partial charge in [0.2, 0.25) is 0 Å². The van der Waals surface area contributed by atoms with E-state index in [4.69, 9.17) is 65.5 Å². The zero-order valence-corrected chi connectivity index (χ0v) is 71.6.